The van der Waals surface area contributed by atoms with Gasteiger partial charge in [-0.1, -0.05) is 0 Å². The van der Waals surface area contributed by atoms with Crippen LogP contribution in [0.3, 0.4) is 0 Å². The maximum absolute atomic E-state index is 5.72. The van der Waals surface area contributed by atoms with Gasteiger partial charge in [-0.2, -0.15) is 0 Å². The maximum Gasteiger partial charge on any atom is 0.144 e. The Morgan fingerprint density at radius 2 is 2.12 bits per heavy atom. The van der Waals surface area contributed by atoms with Crippen LogP contribution in [-0.4, -0.2) is 41.2 Å². The second-order valence-electron chi connectivity index (χ2n) is 4.61. The van der Waals surface area contributed by atoms with E-state index in [1.54, 1.807) is 6.07 Å². The molecule has 0 spiro atoms. The van der Waals surface area contributed by atoms with Crippen LogP contribution in [0.5, 0.6) is 0 Å². The van der Waals surface area contributed by atoms with E-state index in [-0.39, 0.29) is 0 Å². The zero-order valence-electron chi connectivity index (χ0n) is 10.5. The smallest absolute Gasteiger partial charge is 0.144 e. The summed E-state index contributed by atoms with van der Waals surface area (Å²) in [6.07, 6.45) is 2.16. The minimum absolute atomic E-state index is 0.549. The minimum atomic E-state index is 0.549. The normalized spacial score (nSPS) is 17.6. The van der Waals surface area contributed by atoms with E-state index >= 15 is 0 Å². The highest BCUT2D eigenvalue weighted by Gasteiger charge is 2.19. The predicted octanol–water partition coefficient (Wildman–Crippen LogP) is 0.978. The molecule has 1 aromatic heterocycles. The zero-order valence-corrected chi connectivity index (χ0v) is 10.5. The van der Waals surface area contributed by atoms with Crippen molar-refractivity contribution < 1.29 is 4.74 Å². The third kappa shape index (κ3) is 3.38. The van der Waals surface area contributed by atoms with Gasteiger partial charge in [0.15, 0.2) is 0 Å². The number of aromatic nitrogens is 2. The highest BCUT2D eigenvalue weighted by molar-refractivity contribution is 5.29. The van der Waals surface area contributed by atoms with Crippen molar-refractivity contribution in [3.8, 4) is 0 Å². The molecular weight excluding hydrogens is 216 g/mol. The molecule has 0 aromatic carbocycles. The molecule has 94 valence electrons. The largest absolute Gasteiger partial charge is 0.384 e. The van der Waals surface area contributed by atoms with Crippen LogP contribution in [0, 0.1) is 6.92 Å². The third-order valence-electron chi connectivity index (χ3n) is 3.13. The van der Waals surface area contributed by atoms with Crippen LogP contribution < -0.4 is 5.73 Å². The number of anilines is 1. The van der Waals surface area contributed by atoms with Crippen molar-refractivity contribution in [1.82, 2.24) is 14.9 Å². The van der Waals surface area contributed by atoms with E-state index in [0.29, 0.717) is 11.9 Å². The summed E-state index contributed by atoms with van der Waals surface area (Å²) in [7, 11) is 2.11. The Morgan fingerprint density at radius 3 is 2.76 bits per heavy atom. The van der Waals surface area contributed by atoms with E-state index < -0.39 is 0 Å². The molecule has 17 heavy (non-hydrogen) atoms. The van der Waals surface area contributed by atoms with Gasteiger partial charge in [0.2, 0.25) is 0 Å². The zero-order chi connectivity index (χ0) is 12.3. The lowest BCUT2D eigenvalue weighted by atomic mass is 10.1. The molecule has 1 saturated heterocycles. The van der Waals surface area contributed by atoms with Gasteiger partial charge in [0.1, 0.15) is 11.6 Å². The Morgan fingerprint density at radius 1 is 1.41 bits per heavy atom. The van der Waals surface area contributed by atoms with Crippen molar-refractivity contribution in [2.24, 2.45) is 0 Å². The molecular formula is C12H20N4O. The maximum atomic E-state index is 5.72. The molecule has 0 unspecified atom stereocenters. The fourth-order valence-electron chi connectivity index (χ4n) is 2.20. The first-order chi connectivity index (χ1) is 8.15. The van der Waals surface area contributed by atoms with Crippen LogP contribution in [0.2, 0.25) is 0 Å². The van der Waals surface area contributed by atoms with E-state index in [1.165, 1.54) is 0 Å². The summed E-state index contributed by atoms with van der Waals surface area (Å²) in [4.78, 5) is 11.0. The van der Waals surface area contributed by atoms with E-state index in [1.807, 2.05) is 6.92 Å². The molecule has 2 heterocycles. The fraction of sp³-hybridized carbons (Fsp3) is 0.667. The molecule has 5 heteroatoms. The van der Waals surface area contributed by atoms with Gasteiger partial charge in [0.25, 0.3) is 0 Å². The van der Waals surface area contributed by atoms with Gasteiger partial charge in [-0.25, -0.2) is 9.97 Å². The molecule has 0 atom stereocenters. The average Bonchev–Trinajstić information content (AvgIpc) is 2.28. The molecule has 0 amide bonds. The second-order valence-corrected chi connectivity index (χ2v) is 4.61. The molecule has 0 radical (unpaired) electrons. The summed E-state index contributed by atoms with van der Waals surface area (Å²) >= 11 is 0. The van der Waals surface area contributed by atoms with Gasteiger partial charge >= 0.3 is 0 Å². The van der Waals surface area contributed by atoms with Crippen LogP contribution in [0.25, 0.3) is 0 Å². The lowest BCUT2D eigenvalue weighted by Gasteiger charge is -2.30. The van der Waals surface area contributed by atoms with Gasteiger partial charge in [0.05, 0.1) is 6.54 Å². The van der Waals surface area contributed by atoms with Crippen molar-refractivity contribution in [2.45, 2.75) is 32.4 Å². The molecule has 0 bridgehead atoms. The number of nitrogens with zero attached hydrogens (tertiary/aromatic N) is 3. The van der Waals surface area contributed by atoms with E-state index in [0.717, 1.165) is 44.1 Å². The Labute approximate surface area is 102 Å². The van der Waals surface area contributed by atoms with Gasteiger partial charge < -0.3 is 10.5 Å². The first-order valence-electron chi connectivity index (χ1n) is 6.03. The molecule has 1 aliphatic heterocycles. The summed E-state index contributed by atoms with van der Waals surface area (Å²) < 4.78 is 5.36. The first-order valence-corrected chi connectivity index (χ1v) is 6.03. The highest BCUT2D eigenvalue weighted by atomic mass is 16.5. The molecule has 1 aliphatic rings. The Bertz CT molecular complexity index is 357. The van der Waals surface area contributed by atoms with Crippen LogP contribution in [0.4, 0.5) is 5.82 Å². The summed E-state index contributed by atoms with van der Waals surface area (Å²) in [5.74, 6) is 1.35. The van der Waals surface area contributed by atoms with E-state index in [2.05, 4.69) is 21.9 Å². The second kappa shape index (κ2) is 5.42. The molecule has 0 saturated carbocycles. The van der Waals surface area contributed by atoms with E-state index in [9.17, 15) is 0 Å². The van der Waals surface area contributed by atoms with Crippen molar-refractivity contribution in [3.05, 3.63) is 17.6 Å². The molecule has 2 N–H and O–H groups in total. The van der Waals surface area contributed by atoms with Crippen LogP contribution >= 0.6 is 0 Å². The summed E-state index contributed by atoms with van der Waals surface area (Å²) in [5, 5.41) is 0. The predicted molar refractivity (Wildman–Crippen MR) is 66.5 cm³/mol. The summed E-state index contributed by atoms with van der Waals surface area (Å²) in [5.41, 5.74) is 6.65. The average molecular weight is 236 g/mol. The number of aryl methyl sites for hydroxylation is 1. The number of nitrogen functional groups attached to an aromatic ring is 1. The molecule has 5 nitrogen and oxygen atoms in total. The van der Waals surface area contributed by atoms with Crippen molar-refractivity contribution >= 4 is 5.82 Å². The quantitative estimate of drug-likeness (QED) is 0.847. The highest BCUT2D eigenvalue weighted by Crippen LogP contribution is 2.14. The van der Waals surface area contributed by atoms with Crippen LogP contribution in [0.15, 0.2) is 6.07 Å². The van der Waals surface area contributed by atoms with Crippen molar-refractivity contribution in [2.75, 3.05) is 26.0 Å². The Balaban J connectivity index is 1.99. The van der Waals surface area contributed by atoms with Crippen molar-refractivity contribution in [3.63, 3.8) is 0 Å². The number of hydrogen-bond acceptors (Lipinski definition) is 5. The number of hydrogen-bond donors (Lipinski definition) is 1. The monoisotopic (exact) mass is 236 g/mol. The first kappa shape index (κ1) is 12.3. The standard InChI is InChI=1S/C12H20N4O/c1-9-7-11(13)15-12(14-9)8-16(2)10-3-5-17-6-4-10/h7,10H,3-6,8H2,1-2H3,(H2,13,14,15). The van der Waals surface area contributed by atoms with Gasteiger partial charge in [-0.15, -0.1) is 0 Å². The lowest BCUT2D eigenvalue weighted by Crippen LogP contribution is -2.36. The molecule has 0 aliphatic carbocycles. The van der Waals surface area contributed by atoms with Crippen molar-refractivity contribution in [1.29, 1.82) is 0 Å². The number of rotatable bonds is 3. The van der Waals surface area contributed by atoms with Gasteiger partial charge in [-0.05, 0) is 26.8 Å². The molecule has 1 fully saturated rings. The lowest BCUT2D eigenvalue weighted by molar-refractivity contribution is 0.0399. The Kier molecular flexibility index (Phi) is 3.91. The summed E-state index contributed by atoms with van der Waals surface area (Å²) in [6, 6.07) is 2.35. The SMILES string of the molecule is Cc1cc(N)nc(CN(C)C2CCOCC2)n1. The van der Waals surface area contributed by atoms with Gasteiger partial charge in [-0.3, -0.25) is 4.90 Å². The minimum Gasteiger partial charge on any atom is -0.384 e. The molecule has 2 rings (SSSR count). The number of ether oxygens (including phenoxy) is 1. The molecule has 1 aromatic rings. The van der Waals surface area contributed by atoms with Gasteiger partial charge in [0, 0.05) is 31.0 Å². The number of nitrogens with two attached hydrogens (primary N) is 1. The summed E-state index contributed by atoms with van der Waals surface area (Å²) in [6.45, 7) is 4.39. The van der Waals surface area contributed by atoms with Crippen LogP contribution in [0.1, 0.15) is 24.4 Å². The topological polar surface area (TPSA) is 64.3 Å². The third-order valence-corrected chi connectivity index (χ3v) is 3.13. The Hall–Kier alpha value is -1.20. The fourth-order valence-corrected chi connectivity index (χ4v) is 2.20. The van der Waals surface area contributed by atoms with Crippen LogP contribution in [-0.2, 0) is 11.3 Å². The van der Waals surface area contributed by atoms with E-state index in [4.69, 9.17) is 10.5 Å².